The summed E-state index contributed by atoms with van der Waals surface area (Å²) in [6, 6.07) is 13.8. The minimum atomic E-state index is -0.978. The predicted octanol–water partition coefficient (Wildman–Crippen LogP) is 5.30. The second-order valence-corrected chi connectivity index (χ2v) is 7.32. The first-order chi connectivity index (χ1) is 12.9. The number of nitrogens with zero attached hydrogens (tertiary/aromatic N) is 1. The molecule has 0 aliphatic rings. The molecule has 0 saturated carbocycles. The van der Waals surface area contributed by atoms with E-state index in [0.717, 1.165) is 5.56 Å². The van der Waals surface area contributed by atoms with Gasteiger partial charge in [0.15, 0.2) is 11.8 Å². The van der Waals surface area contributed by atoms with Crippen molar-refractivity contribution in [2.45, 2.75) is 13.0 Å². The summed E-state index contributed by atoms with van der Waals surface area (Å²) in [4.78, 5) is 28.7. The van der Waals surface area contributed by atoms with Gasteiger partial charge in [0.25, 0.3) is 5.91 Å². The van der Waals surface area contributed by atoms with Crippen molar-refractivity contribution >= 4 is 52.1 Å². The summed E-state index contributed by atoms with van der Waals surface area (Å²) in [5, 5.41) is 6.10. The molecule has 5 nitrogen and oxygen atoms in total. The lowest BCUT2D eigenvalue weighted by molar-refractivity contribution is -0.123. The van der Waals surface area contributed by atoms with Gasteiger partial charge in [-0.3, -0.25) is 4.79 Å². The van der Waals surface area contributed by atoms with Crippen LogP contribution in [0.5, 0.6) is 0 Å². The average Bonchev–Trinajstić information content (AvgIpc) is 3.14. The summed E-state index contributed by atoms with van der Waals surface area (Å²) in [6.45, 7) is 1.50. The standard InChI is InChI=1S/C19H14Cl2N2O3S/c1-11(17(24)22-15-8-6-14(21)7-9-15)26-19(25)16-10-27-18(23-16)12-2-4-13(20)5-3-12/h2-11H,1H3,(H,22,24). The fourth-order valence-corrected chi connectivity index (χ4v) is 3.19. The molecule has 0 aliphatic heterocycles. The number of ether oxygens (including phenoxy) is 1. The minimum absolute atomic E-state index is 0.149. The fourth-order valence-electron chi connectivity index (χ4n) is 2.14. The Hall–Kier alpha value is -2.41. The maximum Gasteiger partial charge on any atom is 0.358 e. The van der Waals surface area contributed by atoms with Crippen LogP contribution in [0, 0.1) is 0 Å². The molecule has 0 aliphatic carbocycles. The zero-order chi connectivity index (χ0) is 19.4. The number of benzene rings is 2. The molecule has 1 N–H and O–H groups in total. The topological polar surface area (TPSA) is 68.3 Å². The van der Waals surface area contributed by atoms with Gasteiger partial charge in [0, 0.05) is 26.7 Å². The number of anilines is 1. The number of aromatic nitrogens is 1. The summed E-state index contributed by atoms with van der Waals surface area (Å²) in [5.41, 5.74) is 1.55. The molecule has 0 fully saturated rings. The quantitative estimate of drug-likeness (QED) is 0.568. The largest absolute Gasteiger partial charge is 0.448 e. The van der Waals surface area contributed by atoms with Crippen LogP contribution in [0.15, 0.2) is 53.9 Å². The van der Waals surface area contributed by atoms with Gasteiger partial charge in [-0.05, 0) is 43.3 Å². The van der Waals surface area contributed by atoms with Crippen molar-refractivity contribution < 1.29 is 14.3 Å². The van der Waals surface area contributed by atoms with Gasteiger partial charge >= 0.3 is 5.97 Å². The number of amides is 1. The van der Waals surface area contributed by atoms with Crippen molar-refractivity contribution in [3.8, 4) is 10.6 Å². The van der Waals surface area contributed by atoms with Crippen LogP contribution >= 0.6 is 34.5 Å². The fraction of sp³-hybridized carbons (Fsp3) is 0.105. The Bertz CT molecular complexity index is 956. The van der Waals surface area contributed by atoms with Crippen molar-refractivity contribution in [2.75, 3.05) is 5.32 Å². The summed E-state index contributed by atoms with van der Waals surface area (Å²) >= 11 is 13.0. The van der Waals surface area contributed by atoms with Gasteiger partial charge in [0.05, 0.1) is 0 Å². The van der Waals surface area contributed by atoms with E-state index in [1.165, 1.54) is 18.3 Å². The third kappa shape index (κ3) is 5.07. The monoisotopic (exact) mass is 420 g/mol. The second kappa shape index (κ2) is 8.52. The number of esters is 1. The zero-order valence-electron chi connectivity index (χ0n) is 14.1. The SMILES string of the molecule is CC(OC(=O)c1csc(-c2ccc(Cl)cc2)n1)C(=O)Nc1ccc(Cl)cc1. The number of carbonyl (C=O) groups excluding carboxylic acids is 2. The van der Waals surface area contributed by atoms with Gasteiger partial charge in [0.1, 0.15) is 5.01 Å². The van der Waals surface area contributed by atoms with Crippen molar-refractivity contribution in [1.82, 2.24) is 4.98 Å². The number of halogens is 2. The first-order valence-electron chi connectivity index (χ1n) is 7.91. The van der Waals surface area contributed by atoms with E-state index >= 15 is 0 Å². The number of rotatable bonds is 5. The second-order valence-electron chi connectivity index (χ2n) is 5.59. The van der Waals surface area contributed by atoms with E-state index in [1.54, 1.807) is 41.8 Å². The van der Waals surface area contributed by atoms with E-state index in [2.05, 4.69) is 10.3 Å². The van der Waals surface area contributed by atoms with Crippen LogP contribution in [-0.2, 0) is 9.53 Å². The third-order valence-corrected chi connectivity index (χ3v) is 4.96. The molecule has 0 spiro atoms. The Kier molecular flexibility index (Phi) is 6.11. The van der Waals surface area contributed by atoms with E-state index in [4.69, 9.17) is 27.9 Å². The molecule has 8 heteroatoms. The molecule has 27 heavy (non-hydrogen) atoms. The molecular formula is C19H14Cl2N2O3S. The zero-order valence-corrected chi connectivity index (χ0v) is 16.4. The summed E-state index contributed by atoms with van der Waals surface area (Å²) in [5.74, 6) is -1.11. The highest BCUT2D eigenvalue weighted by molar-refractivity contribution is 7.13. The molecule has 1 unspecified atom stereocenters. The summed E-state index contributed by atoms with van der Waals surface area (Å²) < 4.78 is 5.21. The van der Waals surface area contributed by atoms with E-state index in [9.17, 15) is 9.59 Å². The van der Waals surface area contributed by atoms with Gasteiger partial charge < -0.3 is 10.1 Å². The van der Waals surface area contributed by atoms with Crippen LogP contribution in [0.4, 0.5) is 5.69 Å². The van der Waals surface area contributed by atoms with Crippen LogP contribution in [0.1, 0.15) is 17.4 Å². The molecular weight excluding hydrogens is 407 g/mol. The molecule has 3 aromatic rings. The Morgan fingerprint density at radius 3 is 2.26 bits per heavy atom. The Morgan fingerprint density at radius 1 is 1.04 bits per heavy atom. The molecule has 2 aromatic carbocycles. The maximum absolute atomic E-state index is 12.3. The lowest BCUT2D eigenvalue weighted by Crippen LogP contribution is -2.30. The predicted molar refractivity (Wildman–Crippen MR) is 108 cm³/mol. The average molecular weight is 421 g/mol. The number of hydrogen-bond donors (Lipinski definition) is 1. The smallest absolute Gasteiger partial charge is 0.358 e. The van der Waals surface area contributed by atoms with E-state index in [-0.39, 0.29) is 5.69 Å². The normalized spacial score (nSPS) is 11.7. The molecule has 1 aromatic heterocycles. The highest BCUT2D eigenvalue weighted by Crippen LogP contribution is 2.25. The molecule has 138 valence electrons. The van der Waals surface area contributed by atoms with Crippen molar-refractivity contribution in [2.24, 2.45) is 0 Å². The molecule has 0 bridgehead atoms. The van der Waals surface area contributed by atoms with Crippen LogP contribution in [-0.4, -0.2) is 23.0 Å². The number of carbonyl (C=O) groups is 2. The van der Waals surface area contributed by atoms with Crippen LogP contribution in [0.3, 0.4) is 0 Å². The molecule has 1 amide bonds. The number of nitrogens with one attached hydrogen (secondary N) is 1. The Morgan fingerprint density at radius 2 is 1.63 bits per heavy atom. The van der Waals surface area contributed by atoms with Gasteiger partial charge in [0.2, 0.25) is 0 Å². The molecule has 3 rings (SSSR count). The van der Waals surface area contributed by atoms with Crippen LogP contribution in [0.25, 0.3) is 10.6 Å². The number of thiazole rings is 1. The molecule has 0 saturated heterocycles. The van der Waals surface area contributed by atoms with E-state index < -0.39 is 18.0 Å². The minimum Gasteiger partial charge on any atom is -0.448 e. The Balaban J connectivity index is 1.61. The first kappa shape index (κ1) is 19.4. The van der Waals surface area contributed by atoms with Crippen molar-refractivity contribution in [3.05, 3.63) is 69.7 Å². The summed E-state index contributed by atoms with van der Waals surface area (Å²) in [6.07, 6.45) is -0.978. The Labute approximate surface area is 169 Å². The number of hydrogen-bond acceptors (Lipinski definition) is 5. The highest BCUT2D eigenvalue weighted by atomic mass is 35.5. The lowest BCUT2D eigenvalue weighted by atomic mass is 10.2. The first-order valence-corrected chi connectivity index (χ1v) is 9.55. The van der Waals surface area contributed by atoms with Gasteiger partial charge in [-0.15, -0.1) is 11.3 Å². The highest BCUT2D eigenvalue weighted by Gasteiger charge is 2.21. The maximum atomic E-state index is 12.3. The van der Waals surface area contributed by atoms with Gasteiger partial charge in [-0.1, -0.05) is 35.3 Å². The summed E-state index contributed by atoms with van der Waals surface area (Å²) in [7, 11) is 0. The molecule has 0 radical (unpaired) electrons. The van der Waals surface area contributed by atoms with Crippen molar-refractivity contribution in [1.29, 1.82) is 0 Å². The van der Waals surface area contributed by atoms with E-state index in [0.29, 0.717) is 20.7 Å². The molecule has 1 heterocycles. The van der Waals surface area contributed by atoms with Crippen LogP contribution < -0.4 is 5.32 Å². The third-order valence-electron chi connectivity index (χ3n) is 3.57. The van der Waals surface area contributed by atoms with E-state index in [1.807, 2.05) is 12.1 Å². The van der Waals surface area contributed by atoms with Gasteiger partial charge in [-0.25, -0.2) is 9.78 Å². The molecule has 1 atom stereocenters. The lowest BCUT2D eigenvalue weighted by Gasteiger charge is -2.12. The van der Waals surface area contributed by atoms with Crippen molar-refractivity contribution in [3.63, 3.8) is 0 Å². The van der Waals surface area contributed by atoms with Gasteiger partial charge in [-0.2, -0.15) is 0 Å². The van der Waals surface area contributed by atoms with Crippen LogP contribution in [0.2, 0.25) is 10.0 Å².